The molecule has 13 heteroatoms. The quantitative estimate of drug-likeness (QED) is 0.155. The number of hydrogen-bond acceptors (Lipinski definition) is 7. The van der Waals surface area contributed by atoms with Crippen molar-refractivity contribution in [2.24, 2.45) is 0 Å². The van der Waals surface area contributed by atoms with Crippen molar-refractivity contribution in [1.82, 2.24) is 19.4 Å². The monoisotopic (exact) mass is 613 g/mol. The van der Waals surface area contributed by atoms with Crippen LogP contribution in [0.15, 0.2) is 55.1 Å². The van der Waals surface area contributed by atoms with Crippen molar-refractivity contribution in [2.45, 2.75) is 40.3 Å². The standard InChI is InChI=1S/C30H34F3N7O2S/c1-5-39(6-2)11-7-10-34-29-35-16-26(43-29)28(42)38-25-15-23(9-8-19(25)3)37-27(41)21-12-22(30(31,32)33)14-24(13-21)40-17-20(4)36-18-40/h8-9,12-18H,5-7,10-11H2,1-4H3,(H,34,35)(H,37,41)(H,38,42). The predicted octanol–water partition coefficient (Wildman–Crippen LogP) is 6.61. The van der Waals surface area contributed by atoms with E-state index in [1.165, 1.54) is 34.5 Å². The number of amides is 2. The van der Waals surface area contributed by atoms with Crippen molar-refractivity contribution in [2.75, 3.05) is 42.1 Å². The van der Waals surface area contributed by atoms with Crippen molar-refractivity contribution in [3.05, 3.63) is 82.4 Å². The predicted molar refractivity (Wildman–Crippen MR) is 163 cm³/mol. The molecular formula is C30H34F3N7O2S. The maximum absolute atomic E-state index is 13.6. The van der Waals surface area contributed by atoms with Gasteiger partial charge in [-0.15, -0.1) is 0 Å². The summed E-state index contributed by atoms with van der Waals surface area (Å²) in [5, 5.41) is 9.38. The first-order valence-electron chi connectivity index (χ1n) is 13.9. The Morgan fingerprint density at radius 2 is 1.77 bits per heavy atom. The summed E-state index contributed by atoms with van der Waals surface area (Å²) in [4.78, 5) is 37.2. The zero-order chi connectivity index (χ0) is 31.1. The van der Waals surface area contributed by atoms with Gasteiger partial charge in [-0.1, -0.05) is 31.3 Å². The first kappa shape index (κ1) is 31.7. The van der Waals surface area contributed by atoms with Gasteiger partial charge in [0.25, 0.3) is 11.8 Å². The number of nitrogens with zero attached hydrogens (tertiary/aromatic N) is 4. The molecule has 2 amide bonds. The van der Waals surface area contributed by atoms with Gasteiger partial charge in [0.15, 0.2) is 5.13 Å². The molecule has 2 aromatic carbocycles. The molecule has 228 valence electrons. The van der Waals surface area contributed by atoms with Gasteiger partial charge in [0.05, 0.1) is 23.8 Å². The fraction of sp³-hybridized carbons (Fsp3) is 0.333. The van der Waals surface area contributed by atoms with Crippen LogP contribution in [0, 0.1) is 13.8 Å². The molecular weight excluding hydrogens is 579 g/mol. The molecule has 0 fully saturated rings. The number of nitrogens with one attached hydrogen (secondary N) is 3. The van der Waals surface area contributed by atoms with Gasteiger partial charge >= 0.3 is 6.18 Å². The van der Waals surface area contributed by atoms with Crippen LogP contribution in [0.4, 0.5) is 29.7 Å². The molecule has 0 radical (unpaired) electrons. The molecule has 4 rings (SSSR count). The summed E-state index contributed by atoms with van der Waals surface area (Å²) < 4.78 is 42.4. The first-order chi connectivity index (χ1) is 20.5. The van der Waals surface area contributed by atoms with Gasteiger partial charge in [-0.05, 0) is 75.8 Å². The Labute approximate surface area is 252 Å². The van der Waals surface area contributed by atoms with E-state index < -0.39 is 17.6 Å². The highest BCUT2D eigenvalue weighted by atomic mass is 32.1. The number of halogens is 3. The van der Waals surface area contributed by atoms with E-state index in [2.05, 4.69) is 44.7 Å². The van der Waals surface area contributed by atoms with E-state index in [9.17, 15) is 22.8 Å². The number of carbonyl (C=O) groups excluding carboxylic acids is 2. The number of anilines is 3. The molecule has 4 aromatic rings. The molecule has 9 nitrogen and oxygen atoms in total. The van der Waals surface area contributed by atoms with Gasteiger partial charge in [-0.2, -0.15) is 13.2 Å². The molecule has 0 spiro atoms. The van der Waals surface area contributed by atoms with Crippen LogP contribution < -0.4 is 16.0 Å². The van der Waals surface area contributed by atoms with E-state index in [0.717, 1.165) is 50.3 Å². The Balaban J connectivity index is 1.44. The Morgan fingerprint density at radius 3 is 2.44 bits per heavy atom. The van der Waals surface area contributed by atoms with Crippen LogP contribution >= 0.6 is 11.3 Å². The van der Waals surface area contributed by atoms with E-state index in [0.29, 0.717) is 27.1 Å². The third kappa shape index (κ3) is 8.42. The molecule has 0 aliphatic heterocycles. The van der Waals surface area contributed by atoms with Crippen LogP contribution in [-0.4, -0.2) is 57.4 Å². The van der Waals surface area contributed by atoms with Crippen molar-refractivity contribution in [1.29, 1.82) is 0 Å². The molecule has 43 heavy (non-hydrogen) atoms. The molecule has 0 unspecified atom stereocenters. The molecule has 0 aliphatic rings. The number of imidazole rings is 1. The van der Waals surface area contributed by atoms with E-state index in [1.54, 1.807) is 38.2 Å². The Hall–Kier alpha value is -4.23. The van der Waals surface area contributed by atoms with Crippen LogP contribution in [0.1, 0.15) is 57.1 Å². The van der Waals surface area contributed by atoms with E-state index >= 15 is 0 Å². The zero-order valence-corrected chi connectivity index (χ0v) is 25.2. The zero-order valence-electron chi connectivity index (χ0n) is 24.4. The van der Waals surface area contributed by atoms with Gasteiger partial charge in [-0.25, -0.2) is 9.97 Å². The number of rotatable bonds is 12. The molecule has 2 aromatic heterocycles. The average molecular weight is 614 g/mol. The molecule has 0 atom stereocenters. The van der Waals surface area contributed by atoms with Gasteiger partial charge in [-0.3, -0.25) is 9.59 Å². The van der Waals surface area contributed by atoms with Crippen molar-refractivity contribution < 1.29 is 22.8 Å². The summed E-state index contributed by atoms with van der Waals surface area (Å²) in [5.41, 5.74) is 1.13. The summed E-state index contributed by atoms with van der Waals surface area (Å²) in [6.45, 7) is 11.5. The number of alkyl halides is 3. The van der Waals surface area contributed by atoms with Crippen LogP contribution in [0.25, 0.3) is 5.69 Å². The smallest absolute Gasteiger partial charge is 0.361 e. The second kappa shape index (κ2) is 13.8. The minimum Gasteiger partial charge on any atom is -0.361 e. The minimum atomic E-state index is -4.65. The normalized spacial score (nSPS) is 11.5. The lowest BCUT2D eigenvalue weighted by molar-refractivity contribution is -0.137. The van der Waals surface area contributed by atoms with E-state index in [-0.39, 0.29) is 17.2 Å². The largest absolute Gasteiger partial charge is 0.416 e. The molecule has 0 bridgehead atoms. The lowest BCUT2D eigenvalue weighted by Gasteiger charge is -2.17. The molecule has 0 saturated heterocycles. The summed E-state index contributed by atoms with van der Waals surface area (Å²) >= 11 is 1.24. The number of thiazole rings is 1. The molecule has 3 N–H and O–H groups in total. The fourth-order valence-corrected chi connectivity index (χ4v) is 5.07. The maximum Gasteiger partial charge on any atom is 0.416 e. The Bertz CT molecular complexity index is 1580. The number of hydrogen-bond donors (Lipinski definition) is 3. The van der Waals surface area contributed by atoms with Crippen LogP contribution in [0.2, 0.25) is 0 Å². The van der Waals surface area contributed by atoms with Crippen molar-refractivity contribution >= 4 is 39.7 Å². The summed E-state index contributed by atoms with van der Waals surface area (Å²) in [6, 6.07) is 8.01. The molecule has 2 heterocycles. The third-order valence-corrected chi connectivity index (χ3v) is 7.77. The second-order valence-corrected chi connectivity index (χ2v) is 11.0. The summed E-state index contributed by atoms with van der Waals surface area (Å²) in [5.74, 6) is -1.09. The number of aryl methyl sites for hydroxylation is 2. The van der Waals surface area contributed by atoms with Crippen molar-refractivity contribution in [3.63, 3.8) is 0 Å². The highest BCUT2D eigenvalue weighted by Crippen LogP contribution is 2.32. The maximum atomic E-state index is 13.6. The summed E-state index contributed by atoms with van der Waals surface area (Å²) in [7, 11) is 0. The number of benzene rings is 2. The highest BCUT2D eigenvalue weighted by Gasteiger charge is 2.32. The van der Waals surface area contributed by atoms with Gasteiger partial charge in [0.1, 0.15) is 4.88 Å². The topological polar surface area (TPSA) is 104 Å². The SMILES string of the molecule is CCN(CC)CCCNc1ncc(C(=O)Nc2cc(NC(=O)c3cc(-n4cnc(C)c4)cc(C(F)(F)F)c3)ccc2C)s1. The third-order valence-electron chi connectivity index (χ3n) is 6.81. The minimum absolute atomic E-state index is 0.153. The lowest BCUT2D eigenvalue weighted by atomic mass is 10.1. The van der Waals surface area contributed by atoms with Gasteiger partial charge in [0.2, 0.25) is 0 Å². The van der Waals surface area contributed by atoms with E-state index in [1.807, 2.05) is 0 Å². The van der Waals surface area contributed by atoms with Gasteiger partial charge < -0.3 is 25.4 Å². The molecule has 0 aliphatic carbocycles. The first-order valence-corrected chi connectivity index (χ1v) is 14.7. The highest BCUT2D eigenvalue weighted by molar-refractivity contribution is 7.17. The average Bonchev–Trinajstić information content (AvgIpc) is 3.63. The second-order valence-electron chi connectivity index (χ2n) is 9.96. The van der Waals surface area contributed by atoms with Crippen LogP contribution in [-0.2, 0) is 6.18 Å². The Kier molecular flexibility index (Phi) is 10.2. The molecule has 0 saturated carbocycles. The Morgan fingerprint density at radius 1 is 1.00 bits per heavy atom. The fourth-order valence-electron chi connectivity index (χ4n) is 4.34. The van der Waals surface area contributed by atoms with Crippen LogP contribution in [0.5, 0.6) is 0 Å². The van der Waals surface area contributed by atoms with Crippen molar-refractivity contribution in [3.8, 4) is 5.69 Å². The van der Waals surface area contributed by atoms with E-state index in [4.69, 9.17) is 0 Å². The lowest BCUT2D eigenvalue weighted by Crippen LogP contribution is -2.25. The number of carbonyl (C=O) groups is 2. The summed E-state index contributed by atoms with van der Waals surface area (Å²) in [6.07, 6.45) is 0.754. The van der Waals surface area contributed by atoms with Gasteiger partial charge in [0, 0.05) is 35.4 Å². The number of aromatic nitrogens is 3. The van der Waals surface area contributed by atoms with Crippen LogP contribution in [0.3, 0.4) is 0 Å².